The number of hydrogen-bond donors (Lipinski definition) is 8. The molecule has 1 saturated heterocycles. The molecule has 10 atom stereocenters. The van der Waals surface area contributed by atoms with Gasteiger partial charge in [0.15, 0.2) is 6.29 Å². The van der Waals surface area contributed by atoms with Gasteiger partial charge < -0.3 is 56.1 Å². The van der Waals surface area contributed by atoms with Crippen LogP contribution in [0.4, 0.5) is 0 Å². The molecular weight excluding hydrogens is 839 g/mol. The molecule has 0 saturated carbocycles. The molecule has 1 aliphatic heterocycles. The number of carboxylic acid groups (broad SMARTS) is 1. The van der Waals surface area contributed by atoms with Gasteiger partial charge in [0.1, 0.15) is 37.1 Å². The number of nitrogens with two attached hydrogens (primary N) is 2. The number of phosphoric acid groups is 1. The summed E-state index contributed by atoms with van der Waals surface area (Å²) in [4.78, 5) is 76.2. The SMILES string of the molecule is CCCCCCCCCCCCCCCCOCC(O)COP(=O)(O)OCC(=O)N(CC(C)O[C@@H]1[C@@H](N)[C@@H](O)O[C@H](CO)[C@H]1O)C(=O)[C@@H](CCC(=O)O)N(C(C)=O)C(=O)[C@H](C)N. The van der Waals surface area contributed by atoms with Gasteiger partial charge in [-0.2, -0.15) is 0 Å². The second-order valence-electron chi connectivity index (χ2n) is 15.9. The highest BCUT2D eigenvalue weighted by Crippen LogP contribution is 2.43. The van der Waals surface area contributed by atoms with Crippen LogP contribution in [0.5, 0.6) is 0 Å². The van der Waals surface area contributed by atoms with Crippen LogP contribution in [0.3, 0.4) is 0 Å². The summed E-state index contributed by atoms with van der Waals surface area (Å²) in [6, 6.07) is -4.66. The quantitative estimate of drug-likeness (QED) is 0.0335. The maximum Gasteiger partial charge on any atom is 0.472 e. The number of phosphoric ester groups is 1. The van der Waals surface area contributed by atoms with Crippen LogP contribution in [-0.2, 0) is 51.8 Å². The van der Waals surface area contributed by atoms with E-state index in [9.17, 15) is 59.0 Å². The van der Waals surface area contributed by atoms with Crippen molar-refractivity contribution in [3.05, 3.63) is 0 Å². The van der Waals surface area contributed by atoms with Crippen molar-refractivity contribution in [2.75, 3.05) is 39.6 Å². The third-order valence-electron chi connectivity index (χ3n) is 10.2. The molecule has 1 fully saturated rings. The van der Waals surface area contributed by atoms with Crippen LogP contribution in [0.2, 0.25) is 0 Å². The standard InChI is InChI=1S/C40H75N4O17P/c1-5-6-7-8-9-10-11-12-13-14-15-16-17-18-21-57-24-30(47)25-58-62(55,56)59-26-33(48)43(22-27(2)60-37-35(42)40(54)61-32(23-45)36(37)51)39(53)31(19-20-34(49)50)44(29(4)46)38(52)28(3)41/h27-28,30-32,35-37,40,45,47,51,54H,5-26,41-42H2,1-4H3,(H,49,50)(H,55,56)/t27?,28-,30?,31+,32+,35+,36+,37+,40-/m0/s1. The summed E-state index contributed by atoms with van der Waals surface area (Å²) >= 11 is 0. The van der Waals surface area contributed by atoms with E-state index in [1.807, 2.05) is 0 Å². The Morgan fingerprint density at radius 3 is 1.90 bits per heavy atom. The summed E-state index contributed by atoms with van der Waals surface area (Å²) in [5.41, 5.74) is 11.7. The molecule has 0 bridgehead atoms. The average molecular weight is 915 g/mol. The first-order valence-corrected chi connectivity index (χ1v) is 23.3. The Labute approximate surface area is 365 Å². The molecule has 0 aromatic carbocycles. The predicted molar refractivity (Wildman–Crippen MR) is 224 cm³/mol. The molecule has 1 heterocycles. The van der Waals surface area contributed by atoms with Gasteiger partial charge in [-0.25, -0.2) is 4.57 Å². The smallest absolute Gasteiger partial charge is 0.472 e. The van der Waals surface area contributed by atoms with Crippen LogP contribution in [0.15, 0.2) is 0 Å². The number of aliphatic carboxylic acids is 1. The molecule has 62 heavy (non-hydrogen) atoms. The summed E-state index contributed by atoms with van der Waals surface area (Å²) < 4.78 is 38.8. The molecule has 1 aliphatic rings. The molecular formula is C40H75N4O17P. The van der Waals surface area contributed by atoms with E-state index in [-0.39, 0.29) is 6.61 Å². The van der Waals surface area contributed by atoms with Gasteiger partial charge in [0.2, 0.25) is 11.8 Å². The summed E-state index contributed by atoms with van der Waals surface area (Å²) in [5, 5.41) is 50.1. The topological polar surface area (TPSA) is 328 Å². The molecule has 0 aliphatic carbocycles. The Balaban J connectivity index is 2.87. The number of imide groups is 2. The summed E-state index contributed by atoms with van der Waals surface area (Å²) in [6.07, 6.45) is 6.65. The fourth-order valence-corrected chi connectivity index (χ4v) is 7.51. The highest BCUT2D eigenvalue weighted by Gasteiger charge is 2.45. The molecule has 22 heteroatoms. The molecule has 1 rings (SSSR count). The van der Waals surface area contributed by atoms with E-state index < -0.39 is 132 Å². The fraction of sp³-hybridized carbons (Fsp3) is 0.875. The molecule has 0 spiro atoms. The van der Waals surface area contributed by atoms with E-state index in [1.165, 1.54) is 78.1 Å². The van der Waals surface area contributed by atoms with E-state index in [1.54, 1.807) is 0 Å². The monoisotopic (exact) mass is 914 g/mol. The van der Waals surface area contributed by atoms with Gasteiger partial charge in [0.05, 0.1) is 44.6 Å². The largest absolute Gasteiger partial charge is 0.481 e. The van der Waals surface area contributed by atoms with E-state index >= 15 is 0 Å². The summed E-state index contributed by atoms with van der Waals surface area (Å²) in [5.74, 6) is -6.19. The van der Waals surface area contributed by atoms with Crippen molar-refractivity contribution in [2.45, 2.75) is 185 Å². The Hall–Kier alpha value is -2.50. The third kappa shape index (κ3) is 22.4. The molecule has 21 nitrogen and oxygen atoms in total. The van der Waals surface area contributed by atoms with Gasteiger partial charge in [-0.05, 0) is 26.7 Å². The number of carbonyl (C=O) groups is 5. The van der Waals surface area contributed by atoms with Gasteiger partial charge in [0.25, 0.3) is 11.8 Å². The van der Waals surface area contributed by atoms with Crippen LogP contribution < -0.4 is 11.5 Å². The number of amides is 4. The first kappa shape index (κ1) is 57.5. The zero-order valence-electron chi connectivity index (χ0n) is 36.9. The highest BCUT2D eigenvalue weighted by molar-refractivity contribution is 7.47. The van der Waals surface area contributed by atoms with Crippen LogP contribution in [0.25, 0.3) is 0 Å². The Morgan fingerprint density at radius 1 is 0.855 bits per heavy atom. The predicted octanol–water partition coefficient (Wildman–Crippen LogP) is 1.46. The van der Waals surface area contributed by atoms with Crippen molar-refractivity contribution in [3.8, 4) is 0 Å². The number of aliphatic hydroxyl groups is 4. The van der Waals surface area contributed by atoms with Gasteiger partial charge in [0, 0.05) is 20.0 Å². The number of carboxylic acids is 1. The number of aliphatic hydroxyl groups excluding tert-OH is 4. The number of rotatable bonds is 34. The lowest BCUT2D eigenvalue weighted by Gasteiger charge is -2.42. The second kappa shape index (κ2) is 31.4. The molecule has 0 aromatic heterocycles. The van der Waals surface area contributed by atoms with Crippen molar-refractivity contribution < 1.29 is 82.2 Å². The molecule has 362 valence electrons. The summed E-state index contributed by atoms with van der Waals surface area (Å²) in [7, 11) is -5.09. The minimum atomic E-state index is -5.09. The maximum atomic E-state index is 14.1. The third-order valence-corrected chi connectivity index (χ3v) is 11.2. The van der Waals surface area contributed by atoms with Gasteiger partial charge in [-0.1, -0.05) is 90.4 Å². The van der Waals surface area contributed by atoms with E-state index in [4.69, 9.17) is 34.7 Å². The molecule has 0 radical (unpaired) electrons. The van der Waals surface area contributed by atoms with Crippen molar-refractivity contribution in [1.29, 1.82) is 0 Å². The lowest BCUT2D eigenvalue weighted by Crippen LogP contribution is -2.64. The zero-order valence-corrected chi connectivity index (χ0v) is 37.8. The Kier molecular flexibility index (Phi) is 29.1. The lowest BCUT2D eigenvalue weighted by atomic mass is 9.97. The van der Waals surface area contributed by atoms with E-state index in [2.05, 4.69) is 6.92 Å². The molecule has 4 amide bonds. The fourth-order valence-electron chi connectivity index (χ4n) is 6.81. The number of nitrogens with zero attached hydrogens (tertiary/aromatic N) is 2. The van der Waals surface area contributed by atoms with Crippen molar-refractivity contribution in [2.24, 2.45) is 11.5 Å². The van der Waals surface area contributed by atoms with Crippen molar-refractivity contribution in [1.82, 2.24) is 9.80 Å². The van der Waals surface area contributed by atoms with Crippen molar-refractivity contribution in [3.63, 3.8) is 0 Å². The van der Waals surface area contributed by atoms with E-state index in [0.717, 1.165) is 32.6 Å². The van der Waals surface area contributed by atoms with E-state index in [0.29, 0.717) is 16.4 Å². The number of hydrogen-bond acceptors (Lipinski definition) is 17. The van der Waals surface area contributed by atoms with Crippen LogP contribution in [0.1, 0.15) is 130 Å². The number of carbonyl (C=O) groups excluding carboxylic acids is 4. The lowest BCUT2D eigenvalue weighted by molar-refractivity contribution is -0.263. The molecule has 3 unspecified atom stereocenters. The van der Waals surface area contributed by atoms with Gasteiger partial charge >= 0.3 is 13.8 Å². The first-order valence-electron chi connectivity index (χ1n) is 21.8. The van der Waals surface area contributed by atoms with Gasteiger partial charge in [-0.3, -0.25) is 42.8 Å². The Morgan fingerprint density at radius 2 is 1.40 bits per heavy atom. The highest BCUT2D eigenvalue weighted by atomic mass is 31.2. The van der Waals surface area contributed by atoms with Crippen molar-refractivity contribution >= 4 is 37.4 Å². The normalized spacial score (nSPS) is 22.0. The average Bonchev–Trinajstić information content (AvgIpc) is 3.21. The molecule has 10 N–H and O–H groups in total. The minimum absolute atomic E-state index is 0.219. The Bertz CT molecular complexity index is 1380. The van der Waals surface area contributed by atoms with Crippen LogP contribution in [-0.4, -0.2) is 164 Å². The zero-order chi connectivity index (χ0) is 46.8. The van der Waals surface area contributed by atoms with Crippen LogP contribution >= 0.6 is 7.82 Å². The minimum Gasteiger partial charge on any atom is -0.481 e. The number of ether oxygens (including phenoxy) is 3. The second-order valence-corrected chi connectivity index (χ2v) is 17.3. The first-order chi connectivity index (χ1) is 29.3. The molecule has 0 aromatic rings. The summed E-state index contributed by atoms with van der Waals surface area (Å²) in [6.45, 7) is 2.22. The van der Waals surface area contributed by atoms with Gasteiger partial charge in [-0.15, -0.1) is 0 Å². The van der Waals surface area contributed by atoms with Crippen LogP contribution in [0, 0.1) is 0 Å². The number of unbranched alkanes of at least 4 members (excludes halogenated alkanes) is 13. The maximum absolute atomic E-state index is 14.1.